The highest BCUT2D eigenvalue weighted by molar-refractivity contribution is 5.91. The quantitative estimate of drug-likeness (QED) is 0.634. The molecule has 17 heavy (non-hydrogen) atoms. The monoisotopic (exact) mass is 221 g/mol. The molecule has 3 aromatic heterocycles. The summed E-state index contributed by atoms with van der Waals surface area (Å²) in [6, 6.07) is 9.91. The van der Waals surface area contributed by atoms with E-state index in [1.165, 1.54) is 0 Å². The molecule has 0 aromatic carbocycles. The lowest BCUT2D eigenvalue weighted by molar-refractivity contribution is 1.20. The van der Waals surface area contributed by atoms with E-state index in [9.17, 15) is 0 Å². The Kier molecular flexibility index (Phi) is 2.29. The van der Waals surface area contributed by atoms with Crippen molar-refractivity contribution in [1.29, 1.82) is 0 Å². The Hall–Kier alpha value is -2.29. The normalized spacial score (nSPS) is 10.6. The first-order chi connectivity index (χ1) is 8.34. The van der Waals surface area contributed by atoms with E-state index >= 15 is 0 Å². The van der Waals surface area contributed by atoms with Crippen LogP contribution in [0.1, 0.15) is 5.69 Å². The number of aromatic nitrogens is 3. The van der Waals surface area contributed by atoms with E-state index in [4.69, 9.17) is 0 Å². The zero-order valence-electron chi connectivity index (χ0n) is 9.46. The summed E-state index contributed by atoms with van der Waals surface area (Å²) >= 11 is 0. The Morgan fingerprint density at radius 3 is 2.65 bits per heavy atom. The molecule has 0 bridgehead atoms. The summed E-state index contributed by atoms with van der Waals surface area (Å²) in [5, 5.41) is 1.07. The van der Waals surface area contributed by atoms with Crippen molar-refractivity contribution in [2.45, 2.75) is 6.92 Å². The molecule has 0 aliphatic carbocycles. The predicted octanol–water partition coefficient (Wildman–Crippen LogP) is 3.00. The van der Waals surface area contributed by atoms with Crippen LogP contribution in [0.3, 0.4) is 0 Å². The number of nitrogens with zero attached hydrogens (tertiary/aromatic N) is 3. The van der Waals surface area contributed by atoms with Crippen molar-refractivity contribution < 1.29 is 0 Å². The van der Waals surface area contributed by atoms with Gasteiger partial charge >= 0.3 is 0 Å². The summed E-state index contributed by atoms with van der Waals surface area (Å²) in [7, 11) is 0. The van der Waals surface area contributed by atoms with E-state index in [2.05, 4.69) is 15.0 Å². The number of rotatable bonds is 1. The molecule has 0 unspecified atom stereocenters. The van der Waals surface area contributed by atoms with Crippen molar-refractivity contribution in [2.75, 3.05) is 0 Å². The maximum Gasteiger partial charge on any atom is 0.0797 e. The molecule has 0 atom stereocenters. The van der Waals surface area contributed by atoms with Crippen LogP contribution in [0.15, 0.2) is 48.9 Å². The lowest BCUT2D eigenvalue weighted by Gasteiger charge is -2.05. The minimum atomic E-state index is 0.959. The molecule has 0 fully saturated rings. The minimum Gasteiger partial charge on any atom is -0.262 e. The number of aryl methyl sites for hydroxylation is 1. The number of pyridine rings is 3. The fourth-order valence-corrected chi connectivity index (χ4v) is 1.93. The summed E-state index contributed by atoms with van der Waals surface area (Å²) in [5.74, 6) is 0. The molecule has 0 aliphatic rings. The molecule has 3 heterocycles. The molecule has 0 saturated heterocycles. The van der Waals surface area contributed by atoms with Crippen molar-refractivity contribution >= 4 is 10.9 Å². The van der Waals surface area contributed by atoms with Crippen LogP contribution in [0.2, 0.25) is 0 Å². The largest absolute Gasteiger partial charge is 0.262 e. The van der Waals surface area contributed by atoms with Gasteiger partial charge in [-0.1, -0.05) is 0 Å². The Labute approximate surface area is 99.2 Å². The molecular weight excluding hydrogens is 210 g/mol. The van der Waals surface area contributed by atoms with Gasteiger partial charge < -0.3 is 0 Å². The molecular formula is C14H11N3. The van der Waals surface area contributed by atoms with Gasteiger partial charge in [0, 0.05) is 35.2 Å². The van der Waals surface area contributed by atoms with E-state index in [1.807, 2.05) is 43.5 Å². The zero-order valence-corrected chi connectivity index (χ0v) is 9.46. The van der Waals surface area contributed by atoms with Gasteiger partial charge in [-0.15, -0.1) is 0 Å². The highest BCUT2D eigenvalue weighted by Gasteiger charge is 2.05. The van der Waals surface area contributed by atoms with Crippen LogP contribution in [0.5, 0.6) is 0 Å². The molecule has 3 nitrogen and oxygen atoms in total. The van der Waals surface area contributed by atoms with Crippen LogP contribution in [0, 0.1) is 6.92 Å². The SMILES string of the molecule is Cc1cc(-c2nccc3ncccc23)ccn1. The summed E-state index contributed by atoms with van der Waals surface area (Å²) < 4.78 is 0. The number of hydrogen-bond acceptors (Lipinski definition) is 3. The third kappa shape index (κ3) is 1.76. The maximum atomic E-state index is 4.45. The third-order valence-electron chi connectivity index (χ3n) is 2.70. The zero-order chi connectivity index (χ0) is 11.7. The van der Waals surface area contributed by atoms with Gasteiger partial charge in [0.1, 0.15) is 0 Å². The Morgan fingerprint density at radius 1 is 0.882 bits per heavy atom. The van der Waals surface area contributed by atoms with Gasteiger partial charge in [-0.2, -0.15) is 0 Å². The molecule has 0 amide bonds. The first kappa shape index (κ1) is 9.90. The molecule has 0 aliphatic heterocycles. The summed E-state index contributed by atoms with van der Waals surface area (Å²) in [6.07, 6.45) is 5.39. The maximum absolute atomic E-state index is 4.45. The standard InChI is InChI=1S/C14H11N3/c1-10-9-11(4-7-15-10)14-12-3-2-6-16-13(12)5-8-17-14/h2-9H,1H3. The second-order valence-corrected chi connectivity index (χ2v) is 3.92. The van der Waals surface area contributed by atoms with Gasteiger partial charge in [-0.3, -0.25) is 15.0 Å². The van der Waals surface area contributed by atoms with Crippen LogP contribution in [-0.2, 0) is 0 Å². The van der Waals surface area contributed by atoms with Gasteiger partial charge in [0.25, 0.3) is 0 Å². The highest BCUT2D eigenvalue weighted by Crippen LogP contribution is 2.24. The van der Waals surface area contributed by atoms with Crippen molar-refractivity contribution in [3.8, 4) is 11.3 Å². The van der Waals surface area contributed by atoms with Crippen molar-refractivity contribution in [1.82, 2.24) is 15.0 Å². The molecule has 0 radical (unpaired) electrons. The molecule has 3 heteroatoms. The van der Waals surface area contributed by atoms with E-state index < -0.39 is 0 Å². The molecule has 0 saturated carbocycles. The average molecular weight is 221 g/mol. The second-order valence-electron chi connectivity index (χ2n) is 3.92. The fraction of sp³-hybridized carbons (Fsp3) is 0.0714. The van der Waals surface area contributed by atoms with E-state index in [0.717, 1.165) is 27.9 Å². The third-order valence-corrected chi connectivity index (χ3v) is 2.70. The van der Waals surface area contributed by atoms with Crippen molar-refractivity contribution in [2.24, 2.45) is 0 Å². The average Bonchev–Trinajstić information content (AvgIpc) is 2.38. The highest BCUT2D eigenvalue weighted by atomic mass is 14.7. The lowest BCUT2D eigenvalue weighted by Crippen LogP contribution is -1.89. The summed E-state index contributed by atoms with van der Waals surface area (Å²) in [6.45, 7) is 1.98. The van der Waals surface area contributed by atoms with Crippen LogP contribution in [-0.4, -0.2) is 15.0 Å². The van der Waals surface area contributed by atoms with Crippen molar-refractivity contribution in [3.05, 3.63) is 54.6 Å². The summed E-state index contributed by atoms with van der Waals surface area (Å²) in [5.41, 5.74) is 3.99. The van der Waals surface area contributed by atoms with Gasteiger partial charge in [-0.05, 0) is 37.3 Å². The van der Waals surface area contributed by atoms with Gasteiger partial charge in [0.2, 0.25) is 0 Å². The Balaban J connectivity index is 2.30. The van der Waals surface area contributed by atoms with Gasteiger partial charge in [0.05, 0.1) is 11.2 Å². The first-order valence-electron chi connectivity index (χ1n) is 5.47. The van der Waals surface area contributed by atoms with E-state index in [0.29, 0.717) is 0 Å². The topological polar surface area (TPSA) is 38.7 Å². The van der Waals surface area contributed by atoms with E-state index in [1.54, 1.807) is 12.4 Å². The lowest BCUT2D eigenvalue weighted by atomic mass is 10.1. The second kappa shape index (κ2) is 3.94. The molecule has 3 aromatic rings. The van der Waals surface area contributed by atoms with Crippen LogP contribution < -0.4 is 0 Å². The molecule has 0 N–H and O–H groups in total. The van der Waals surface area contributed by atoms with Crippen LogP contribution >= 0.6 is 0 Å². The fourth-order valence-electron chi connectivity index (χ4n) is 1.93. The Bertz CT molecular complexity index is 672. The van der Waals surface area contributed by atoms with E-state index in [-0.39, 0.29) is 0 Å². The predicted molar refractivity (Wildman–Crippen MR) is 67.5 cm³/mol. The molecule has 82 valence electrons. The van der Waals surface area contributed by atoms with Gasteiger partial charge in [0.15, 0.2) is 0 Å². The number of fused-ring (bicyclic) bond motifs is 1. The smallest absolute Gasteiger partial charge is 0.0797 e. The molecule has 3 rings (SSSR count). The first-order valence-corrected chi connectivity index (χ1v) is 5.47. The molecule has 0 spiro atoms. The van der Waals surface area contributed by atoms with Crippen molar-refractivity contribution in [3.63, 3.8) is 0 Å². The van der Waals surface area contributed by atoms with Crippen LogP contribution in [0.25, 0.3) is 22.2 Å². The number of hydrogen-bond donors (Lipinski definition) is 0. The Morgan fingerprint density at radius 2 is 1.76 bits per heavy atom. The van der Waals surface area contributed by atoms with Gasteiger partial charge in [-0.25, -0.2) is 0 Å². The minimum absolute atomic E-state index is 0.959. The van der Waals surface area contributed by atoms with Crippen LogP contribution in [0.4, 0.5) is 0 Å². The summed E-state index contributed by atoms with van der Waals surface area (Å²) in [4.78, 5) is 13.0.